The van der Waals surface area contributed by atoms with E-state index in [9.17, 15) is 34.5 Å². The Hall–Kier alpha value is -4.36. The van der Waals surface area contributed by atoms with Crippen LogP contribution in [-0.2, 0) is 42.9 Å². The number of carbonyl (C=O) groups is 4. The van der Waals surface area contributed by atoms with Gasteiger partial charge in [0.15, 0.2) is 24.6 Å². The first-order valence-electron chi connectivity index (χ1n) is 27.2. The van der Waals surface area contributed by atoms with E-state index < -0.39 is 67.3 Å². The van der Waals surface area contributed by atoms with E-state index in [1.807, 2.05) is 12.2 Å². The van der Waals surface area contributed by atoms with Gasteiger partial charge in [-0.3, -0.25) is 14.4 Å². The number of carboxylic acids is 1. The summed E-state index contributed by atoms with van der Waals surface area (Å²) in [6.45, 7) is 5.63. The van der Waals surface area contributed by atoms with Crippen molar-refractivity contribution in [3.05, 3.63) is 97.2 Å². The Labute approximate surface area is 428 Å². The quantitative estimate of drug-likeness (QED) is 0.0228. The number of hydrogen-bond donors (Lipinski definition) is 3. The number of ether oxygens (including phenoxy) is 5. The molecule has 0 spiro atoms. The van der Waals surface area contributed by atoms with Crippen molar-refractivity contribution in [1.82, 2.24) is 0 Å². The molecule has 3 N–H and O–H groups in total. The molecule has 1 rings (SSSR count). The van der Waals surface area contributed by atoms with Gasteiger partial charge in [-0.1, -0.05) is 195 Å². The summed E-state index contributed by atoms with van der Waals surface area (Å²) in [4.78, 5) is 50.8. The molecule has 12 nitrogen and oxygen atoms in total. The molecule has 1 heterocycles. The van der Waals surface area contributed by atoms with Crippen molar-refractivity contribution in [2.24, 2.45) is 0 Å². The van der Waals surface area contributed by atoms with Crippen LogP contribution in [-0.4, -0.2) is 89.2 Å². The Kier molecular flexibility index (Phi) is 42.5. The molecule has 0 aromatic heterocycles. The zero-order valence-electron chi connectivity index (χ0n) is 43.9. The van der Waals surface area contributed by atoms with Gasteiger partial charge >= 0.3 is 23.9 Å². The minimum absolute atomic E-state index is 0.0349. The third-order valence-electron chi connectivity index (χ3n) is 11.7. The molecule has 1 aliphatic rings. The minimum Gasteiger partial charge on any atom is -0.479 e. The summed E-state index contributed by atoms with van der Waals surface area (Å²) < 4.78 is 28.2. The second-order valence-electron chi connectivity index (χ2n) is 18.1. The van der Waals surface area contributed by atoms with Gasteiger partial charge in [-0.2, -0.15) is 0 Å². The lowest BCUT2D eigenvalue weighted by atomic mass is 9.98. The molecule has 0 aromatic carbocycles. The van der Waals surface area contributed by atoms with Crippen molar-refractivity contribution in [3.8, 4) is 0 Å². The molecule has 0 aliphatic carbocycles. The molecule has 1 fully saturated rings. The van der Waals surface area contributed by atoms with Crippen LogP contribution in [0.3, 0.4) is 0 Å². The number of carboxylic acid groups (broad SMARTS) is 1. The van der Waals surface area contributed by atoms with Crippen LogP contribution in [0.1, 0.15) is 201 Å². The molecule has 6 atom stereocenters. The van der Waals surface area contributed by atoms with E-state index in [0.29, 0.717) is 25.7 Å². The summed E-state index contributed by atoms with van der Waals surface area (Å²) in [6.07, 6.45) is 48.5. The fourth-order valence-electron chi connectivity index (χ4n) is 7.55. The van der Waals surface area contributed by atoms with Crippen molar-refractivity contribution in [2.45, 2.75) is 237 Å². The van der Waals surface area contributed by atoms with E-state index in [1.165, 1.54) is 25.7 Å². The molecule has 0 amide bonds. The molecule has 1 saturated heterocycles. The first-order valence-corrected chi connectivity index (χ1v) is 27.2. The summed E-state index contributed by atoms with van der Waals surface area (Å²) in [5, 5.41) is 31.3. The van der Waals surface area contributed by atoms with E-state index in [-0.39, 0.29) is 25.9 Å². The lowest BCUT2D eigenvalue weighted by Crippen LogP contribution is -2.61. The zero-order valence-corrected chi connectivity index (χ0v) is 43.9. The van der Waals surface area contributed by atoms with Crippen LogP contribution < -0.4 is 0 Å². The Morgan fingerprint density at radius 3 is 1.41 bits per heavy atom. The van der Waals surface area contributed by atoms with Gasteiger partial charge in [0, 0.05) is 19.3 Å². The second-order valence-corrected chi connectivity index (χ2v) is 18.1. The maximum Gasteiger partial charge on any atom is 0.335 e. The summed E-state index contributed by atoms with van der Waals surface area (Å²) in [5.74, 6) is -3.26. The van der Waals surface area contributed by atoms with Gasteiger partial charge in [-0.15, -0.1) is 0 Å². The summed E-state index contributed by atoms with van der Waals surface area (Å²) >= 11 is 0. The van der Waals surface area contributed by atoms with Crippen LogP contribution in [0.15, 0.2) is 97.2 Å². The number of aliphatic carboxylic acids is 1. The SMILES string of the molecule is CC/C=C\C/C=C\C/C=C\C/C=C\CCCCCCCCC(=O)OCC(COC1OC(C(=O)O)C(O)C(O)C1OC(=O)CCCCCCCCCCC)OC(=O)CC/C=C\C/C=C\C/C=C\C/C=C\CC. The van der Waals surface area contributed by atoms with Crippen LogP contribution in [0.2, 0.25) is 0 Å². The minimum atomic E-state index is -1.91. The molecular formula is C59H94O12. The Morgan fingerprint density at radius 2 is 0.915 bits per heavy atom. The second kappa shape index (κ2) is 46.7. The van der Waals surface area contributed by atoms with Crippen LogP contribution in [0, 0.1) is 0 Å². The Morgan fingerprint density at radius 1 is 0.479 bits per heavy atom. The number of hydrogen-bond acceptors (Lipinski definition) is 11. The third-order valence-corrected chi connectivity index (χ3v) is 11.7. The average Bonchev–Trinajstić information content (AvgIpc) is 3.35. The molecule has 6 unspecified atom stereocenters. The Balaban J connectivity index is 2.73. The van der Waals surface area contributed by atoms with Gasteiger partial charge in [0.1, 0.15) is 18.8 Å². The normalized spacial score (nSPS) is 19.3. The number of aliphatic hydroxyl groups excluding tert-OH is 2. The highest BCUT2D eigenvalue weighted by Gasteiger charge is 2.50. The first-order chi connectivity index (χ1) is 34.6. The lowest BCUT2D eigenvalue weighted by Gasteiger charge is -2.40. The maximum absolute atomic E-state index is 13.0. The van der Waals surface area contributed by atoms with Gasteiger partial charge in [-0.25, -0.2) is 4.79 Å². The van der Waals surface area contributed by atoms with Crippen molar-refractivity contribution < 1.29 is 58.2 Å². The van der Waals surface area contributed by atoms with Gasteiger partial charge in [0.05, 0.1) is 6.61 Å². The van der Waals surface area contributed by atoms with E-state index in [0.717, 1.165) is 109 Å². The van der Waals surface area contributed by atoms with E-state index >= 15 is 0 Å². The predicted octanol–water partition coefficient (Wildman–Crippen LogP) is 13.3. The molecule has 0 saturated carbocycles. The van der Waals surface area contributed by atoms with Crippen molar-refractivity contribution in [1.29, 1.82) is 0 Å². The molecule has 0 radical (unpaired) electrons. The third kappa shape index (κ3) is 37.1. The number of carbonyl (C=O) groups excluding carboxylic acids is 3. The largest absolute Gasteiger partial charge is 0.479 e. The molecule has 402 valence electrons. The topological polar surface area (TPSA) is 175 Å². The maximum atomic E-state index is 13.0. The van der Waals surface area contributed by atoms with Crippen LogP contribution in [0.4, 0.5) is 0 Å². The van der Waals surface area contributed by atoms with Crippen molar-refractivity contribution in [2.75, 3.05) is 13.2 Å². The summed E-state index contributed by atoms with van der Waals surface area (Å²) in [6, 6.07) is 0. The fraction of sp³-hybridized carbons (Fsp3) is 0.661. The fourth-order valence-corrected chi connectivity index (χ4v) is 7.55. The molecule has 0 bridgehead atoms. The monoisotopic (exact) mass is 995 g/mol. The predicted molar refractivity (Wildman–Crippen MR) is 284 cm³/mol. The number of aliphatic hydroxyl groups is 2. The molecular weight excluding hydrogens is 901 g/mol. The van der Waals surface area contributed by atoms with E-state index in [4.69, 9.17) is 23.7 Å². The van der Waals surface area contributed by atoms with Crippen LogP contribution in [0.5, 0.6) is 0 Å². The van der Waals surface area contributed by atoms with Crippen LogP contribution in [0.25, 0.3) is 0 Å². The van der Waals surface area contributed by atoms with Gasteiger partial charge in [0.2, 0.25) is 0 Å². The van der Waals surface area contributed by atoms with Gasteiger partial charge in [0.25, 0.3) is 0 Å². The van der Waals surface area contributed by atoms with E-state index in [1.54, 1.807) is 0 Å². The molecule has 0 aromatic rings. The Bertz CT molecular complexity index is 1610. The smallest absolute Gasteiger partial charge is 0.335 e. The number of esters is 3. The van der Waals surface area contributed by atoms with Gasteiger partial charge < -0.3 is 39.0 Å². The first kappa shape index (κ1) is 64.7. The highest BCUT2D eigenvalue weighted by molar-refractivity contribution is 5.74. The number of rotatable bonds is 44. The van der Waals surface area contributed by atoms with Crippen LogP contribution >= 0.6 is 0 Å². The summed E-state index contributed by atoms with van der Waals surface area (Å²) in [7, 11) is 0. The highest BCUT2D eigenvalue weighted by Crippen LogP contribution is 2.26. The highest BCUT2D eigenvalue weighted by atomic mass is 16.7. The number of allylic oxidation sites excluding steroid dienone is 16. The summed E-state index contributed by atoms with van der Waals surface area (Å²) in [5.41, 5.74) is 0. The molecule has 12 heteroatoms. The number of unbranched alkanes of at least 4 members (excludes halogenated alkanes) is 14. The lowest BCUT2D eigenvalue weighted by molar-refractivity contribution is -0.301. The molecule has 71 heavy (non-hydrogen) atoms. The van der Waals surface area contributed by atoms with Gasteiger partial charge in [-0.05, 0) is 83.5 Å². The standard InChI is InChI=1S/C59H94O12/c1-4-7-10-13-16-19-21-23-24-25-26-27-28-30-31-34-36-39-42-45-51(60)67-48-50(69-52(61)46-43-40-38-35-32-29-22-20-17-14-11-8-5-2)49-68-59-57(55(64)54(63)56(71-59)58(65)66)70-53(62)47-44-41-37-33-18-15-12-9-6-3/h7-8,10-11,16-17,19-20,23-24,26-27,29,32,38,40,50,54-57,59,63-64H,4-6,9,12-15,18,21-22,25,28,30-31,33-37,39,41-49H2,1-3H3,(H,65,66)/b10-7-,11-8-,19-16-,20-17-,24-23-,27-26-,32-29-,40-38-. The van der Waals surface area contributed by atoms with E-state index in [2.05, 4.69) is 106 Å². The van der Waals surface area contributed by atoms with Crippen molar-refractivity contribution >= 4 is 23.9 Å². The zero-order chi connectivity index (χ0) is 51.8. The average molecular weight is 995 g/mol. The molecule has 1 aliphatic heterocycles. The van der Waals surface area contributed by atoms with Crippen molar-refractivity contribution in [3.63, 3.8) is 0 Å².